The first-order chi connectivity index (χ1) is 10.9. The molecule has 0 unspecified atom stereocenters. The first-order valence-electron chi connectivity index (χ1n) is 7.34. The lowest BCUT2D eigenvalue weighted by atomic mass is 9.98. The van der Waals surface area contributed by atoms with Gasteiger partial charge in [0.15, 0.2) is 6.23 Å². The van der Waals surface area contributed by atoms with Gasteiger partial charge in [-0.2, -0.15) is 0 Å². The fourth-order valence-electron chi connectivity index (χ4n) is 2.43. The van der Waals surface area contributed by atoms with Gasteiger partial charge in [-0.1, -0.05) is 30.3 Å². The van der Waals surface area contributed by atoms with E-state index in [0.717, 1.165) is 5.56 Å². The van der Waals surface area contributed by atoms with Crippen LogP contribution in [-0.2, 0) is 16.0 Å². The van der Waals surface area contributed by atoms with Crippen LogP contribution in [0, 0.1) is 0 Å². The largest absolute Gasteiger partial charge is 0.394 e. The first kappa shape index (κ1) is 17.8. The standard InChI is InChI=1S/C15H22N2O6/c16-9(6-8-4-2-1-3-5-8)14(22)17-15-13(21)12(20)11(19)10(7-18)23-15/h1-5,9-13,15,18-21H,6-7,16H2,(H,17,22)/t9-,10+,11+,12-,13+,15+/m0/s1. The smallest absolute Gasteiger partial charge is 0.239 e. The number of rotatable bonds is 5. The van der Waals surface area contributed by atoms with Crippen molar-refractivity contribution in [3.05, 3.63) is 35.9 Å². The van der Waals surface area contributed by atoms with Crippen molar-refractivity contribution in [3.63, 3.8) is 0 Å². The zero-order valence-electron chi connectivity index (χ0n) is 12.4. The number of ether oxygens (including phenoxy) is 1. The predicted molar refractivity (Wildman–Crippen MR) is 80.0 cm³/mol. The number of amides is 1. The molecule has 1 saturated heterocycles. The van der Waals surface area contributed by atoms with Crippen molar-refractivity contribution in [2.75, 3.05) is 6.61 Å². The molecule has 7 N–H and O–H groups in total. The van der Waals surface area contributed by atoms with Gasteiger partial charge in [-0.15, -0.1) is 0 Å². The maximum absolute atomic E-state index is 12.1. The zero-order valence-corrected chi connectivity index (χ0v) is 12.4. The molecule has 1 amide bonds. The van der Waals surface area contributed by atoms with Gasteiger partial charge < -0.3 is 36.2 Å². The number of aliphatic hydroxyl groups is 4. The van der Waals surface area contributed by atoms with Crippen molar-refractivity contribution < 1.29 is 30.0 Å². The zero-order chi connectivity index (χ0) is 17.0. The Morgan fingerprint density at radius 2 is 1.83 bits per heavy atom. The highest BCUT2D eigenvalue weighted by Crippen LogP contribution is 2.19. The van der Waals surface area contributed by atoms with Crippen LogP contribution >= 0.6 is 0 Å². The van der Waals surface area contributed by atoms with E-state index in [9.17, 15) is 20.1 Å². The van der Waals surface area contributed by atoms with Gasteiger partial charge in [0.1, 0.15) is 24.4 Å². The SMILES string of the molecule is N[C@@H](Cc1ccccc1)C(=O)N[C@@H]1O[C@H](CO)[C@@H](O)[C@H](O)[C@H]1O. The number of benzene rings is 1. The van der Waals surface area contributed by atoms with Gasteiger partial charge in [-0.25, -0.2) is 0 Å². The molecule has 2 rings (SSSR count). The maximum atomic E-state index is 12.1. The third kappa shape index (κ3) is 4.25. The van der Waals surface area contributed by atoms with Crippen LogP contribution in [0.2, 0.25) is 0 Å². The molecule has 0 spiro atoms. The Bertz CT molecular complexity index is 512. The predicted octanol–water partition coefficient (Wildman–Crippen LogP) is -2.53. The number of hydrogen-bond donors (Lipinski definition) is 6. The number of hydrogen-bond acceptors (Lipinski definition) is 7. The molecule has 0 aliphatic carbocycles. The number of nitrogens with one attached hydrogen (secondary N) is 1. The van der Waals surface area contributed by atoms with Gasteiger partial charge >= 0.3 is 0 Å². The number of carbonyl (C=O) groups excluding carboxylic acids is 1. The highest BCUT2D eigenvalue weighted by atomic mass is 16.6. The highest BCUT2D eigenvalue weighted by Gasteiger charge is 2.44. The van der Waals surface area contributed by atoms with Crippen LogP contribution < -0.4 is 11.1 Å². The van der Waals surface area contributed by atoms with E-state index < -0.39 is 49.2 Å². The van der Waals surface area contributed by atoms with Gasteiger partial charge in [0.05, 0.1) is 12.6 Å². The van der Waals surface area contributed by atoms with E-state index in [1.807, 2.05) is 30.3 Å². The average molecular weight is 326 g/mol. The summed E-state index contributed by atoms with van der Waals surface area (Å²) in [5.74, 6) is -0.571. The molecule has 1 aliphatic heterocycles. The van der Waals surface area contributed by atoms with Crippen LogP contribution in [-0.4, -0.2) is 69.6 Å². The second kappa shape index (κ2) is 7.82. The van der Waals surface area contributed by atoms with Crippen molar-refractivity contribution in [1.29, 1.82) is 0 Å². The topological polar surface area (TPSA) is 145 Å². The van der Waals surface area contributed by atoms with Crippen LogP contribution in [0.15, 0.2) is 30.3 Å². The Balaban J connectivity index is 1.95. The summed E-state index contributed by atoms with van der Waals surface area (Å²) in [5.41, 5.74) is 6.71. The minimum absolute atomic E-state index is 0.296. The molecule has 1 heterocycles. The molecule has 0 bridgehead atoms. The van der Waals surface area contributed by atoms with E-state index in [2.05, 4.69) is 5.32 Å². The number of nitrogens with two attached hydrogens (primary N) is 1. The maximum Gasteiger partial charge on any atom is 0.239 e. The molecule has 0 radical (unpaired) electrons. The summed E-state index contributed by atoms with van der Waals surface area (Å²) in [6.45, 7) is -0.562. The van der Waals surface area contributed by atoms with E-state index in [0.29, 0.717) is 6.42 Å². The van der Waals surface area contributed by atoms with Crippen molar-refractivity contribution in [1.82, 2.24) is 5.32 Å². The van der Waals surface area contributed by atoms with Gasteiger partial charge in [-0.05, 0) is 12.0 Å². The molecule has 6 atom stereocenters. The molecule has 23 heavy (non-hydrogen) atoms. The number of aliphatic hydroxyl groups excluding tert-OH is 4. The molecule has 128 valence electrons. The molecule has 8 heteroatoms. The molecule has 0 saturated carbocycles. The second-order valence-electron chi connectivity index (χ2n) is 5.55. The molecular weight excluding hydrogens is 304 g/mol. The summed E-state index contributed by atoms with van der Waals surface area (Å²) >= 11 is 0. The molecule has 1 fully saturated rings. The van der Waals surface area contributed by atoms with E-state index in [1.165, 1.54) is 0 Å². The molecule has 1 aliphatic rings. The van der Waals surface area contributed by atoms with E-state index in [1.54, 1.807) is 0 Å². The van der Waals surface area contributed by atoms with Crippen molar-refractivity contribution in [3.8, 4) is 0 Å². The molecule has 1 aromatic rings. The lowest BCUT2D eigenvalue weighted by molar-refractivity contribution is -0.236. The lowest BCUT2D eigenvalue weighted by Crippen LogP contribution is -2.64. The summed E-state index contributed by atoms with van der Waals surface area (Å²) in [6, 6.07) is 8.31. The fourth-order valence-corrected chi connectivity index (χ4v) is 2.43. The summed E-state index contributed by atoms with van der Waals surface area (Å²) in [7, 11) is 0. The Kier molecular flexibility index (Phi) is 6.05. The Labute approximate surface area is 133 Å². The van der Waals surface area contributed by atoms with Crippen LogP contribution in [0.1, 0.15) is 5.56 Å². The normalized spacial score (nSPS) is 32.3. The van der Waals surface area contributed by atoms with E-state index >= 15 is 0 Å². The van der Waals surface area contributed by atoms with Gasteiger partial charge in [-0.3, -0.25) is 4.79 Å². The van der Waals surface area contributed by atoms with Crippen LogP contribution in [0.5, 0.6) is 0 Å². The van der Waals surface area contributed by atoms with Crippen LogP contribution in [0.25, 0.3) is 0 Å². The molecular formula is C15H22N2O6. The second-order valence-corrected chi connectivity index (χ2v) is 5.55. The van der Waals surface area contributed by atoms with Crippen molar-refractivity contribution in [2.24, 2.45) is 5.73 Å². The highest BCUT2D eigenvalue weighted by molar-refractivity contribution is 5.82. The third-order valence-electron chi connectivity index (χ3n) is 3.81. The Morgan fingerprint density at radius 1 is 1.17 bits per heavy atom. The summed E-state index contributed by atoms with van der Waals surface area (Å²) in [5, 5.41) is 40.7. The first-order valence-corrected chi connectivity index (χ1v) is 7.34. The minimum atomic E-state index is -1.54. The van der Waals surface area contributed by atoms with Crippen molar-refractivity contribution >= 4 is 5.91 Å². The van der Waals surface area contributed by atoms with Gasteiger partial charge in [0.25, 0.3) is 0 Å². The summed E-state index contributed by atoms with van der Waals surface area (Å²) < 4.78 is 5.20. The Hall–Kier alpha value is -1.55. The van der Waals surface area contributed by atoms with Crippen LogP contribution in [0.4, 0.5) is 0 Å². The quantitative estimate of drug-likeness (QED) is 0.350. The Morgan fingerprint density at radius 3 is 2.43 bits per heavy atom. The molecule has 1 aromatic carbocycles. The van der Waals surface area contributed by atoms with Gasteiger partial charge in [0, 0.05) is 0 Å². The fraction of sp³-hybridized carbons (Fsp3) is 0.533. The average Bonchev–Trinajstić information content (AvgIpc) is 2.56. The summed E-state index contributed by atoms with van der Waals surface area (Å²) in [4.78, 5) is 12.1. The van der Waals surface area contributed by atoms with Crippen molar-refractivity contribution in [2.45, 2.75) is 43.1 Å². The van der Waals surface area contributed by atoms with E-state index in [-0.39, 0.29) is 0 Å². The molecule has 0 aromatic heterocycles. The summed E-state index contributed by atoms with van der Waals surface area (Å²) in [6.07, 6.45) is -6.59. The van der Waals surface area contributed by atoms with Gasteiger partial charge in [0.2, 0.25) is 5.91 Å². The minimum Gasteiger partial charge on any atom is -0.394 e. The van der Waals surface area contributed by atoms with E-state index in [4.69, 9.17) is 15.6 Å². The number of carbonyl (C=O) groups is 1. The lowest BCUT2D eigenvalue weighted by Gasteiger charge is -2.40. The molecule has 8 nitrogen and oxygen atoms in total. The van der Waals surface area contributed by atoms with Crippen LogP contribution in [0.3, 0.4) is 0 Å². The monoisotopic (exact) mass is 326 g/mol. The third-order valence-corrected chi connectivity index (χ3v) is 3.81.